The molecule has 164 valence electrons. The van der Waals surface area contributed by atoms with E-state index in [4.69, 9.17) is 0 Å². The second-order valence-corrected chi connectivity index (χ2v) is 6.78. The highest BCUT2D eigenvalue weighted by molar-refractivity contribution is 5.94. The first-order valence-corrected chi connectivity index (χ1v) is 9.09. The van der Waals surface area contributed by atoms with Crippen molar-refractivity contribution in [2.75, 3.05) is 18.9 Å². The summed E-state index contributed by atoms with van der Waals surface area (Å²) in [4.78, 5) is 34.4. The van der Waals surface area contributed by atoms with Crippen LogP contribution >= 0.6 is 0 Å². The fourth-order valence-corrected chi connectivity index (χ4v) is 2.94. The molecule has 0 aliphatic carbocycles. The maximum atomic E-state index is 12.6. The number of hydrogen-bond donors (Lipinski definition) is 1. The van der Waals surface area contributed by atoms with Gasteiger partial charge in [-0.1, -0.05) is 0 Å². The van der Waals surface area contributed by atoms with E-state index in [2.05, 4.69) is 25.1 Å². The lowest BCUT2D eigenvalue weighted by Crippen LogP contribution is -2.36. The van der Waals surface area contributed by atoms with Gasteiger partial charge in [0, 0.05) is 29.7 Å². The highest BCUT2D eigenvalue weighted by Crippen LogP contribution is 2.24. The van der Waals surface area contributed by atoms with Crippen molar-refractivity contribution in [2.24, 2.45) is 0 Å². The summed E-state index contributed by atoms with van der Waals surface area (Å²) in [5.41, 5.74) is 2.33. The summed E-state index contributed by atoms with van der Waals surface area (Å²) in [5, 5.41) is 6.60. The number of aromatic nitrogens is 4. The number of rotatable bonds is 6. The molecule has 0 spiro atoms. The third-order valence-corrected chi connectivity index (χ3v) is 4.49. The van der Waals surface area contributed by atoms with Gasteiger partial charge in [0.05, 0.1) is 13.0 Å². The standard InChI is InChI=1S/C19H19F3N6O3/c1-11-15(12(2)28-18(25-11)23-10-24-28)8-17(30)27(3)9-16(29)26-13-4-6-14(7-5-13)31-19(20,21)22/h4-7,10H,8-9H2,1-3H3,(H,26,29). The third kappa shape index (κ3) is 5.47. The Labute approximate surface area is 174 Å². The zero-order valence-electron chi connectivity index (χ0n) is 16.9. The molecule has 0 saturated heterocycles. The van der Waals surface area contributed by atoms with Gasteiger partial charge in [-0.3, -0.25) is 9.59 Å². The first-order chi connectivity index (χ1) is 14.5. The predicted octanol–water partition coefficient (Wildman–Crippen LogP) is 2.28. The van der Waals surface area contributed by atoms with Gasteiger partial charge >= 0.3 is 6.36 Å². The van der Waals surface area contributed by atoms with Crippen molar-refractivity contribution in [3.63, 3.8) is 0 Å². The Bertz CT molecular complexity index is 1110. The van der Waals surface area contributed by atoms with E-state index in [0.29, 0.717) is 17.0 Å². The SMILES string of the molecule is Cc1nc2ncnn2c(C)c1CC(=O)N(C)CC(=O)Nc1ccc(OC(F)(F)F)cc1. The molecule has 0 aliphatic rings. The summed E-state index contributed by atoms with van der Waals surface area (Å²) >= 11 is 0. The number of halogens is 3. The minimum Gasteiger partial charge on any atom is -0.406 e. The van der Waals surface area contributed by atoms with E-state index < -0.39 is 18.0 Å². The topological polar surface area (TPSA) is 102 Å². The van der Waals surface area contributed by atoms with E-state index in [9.17, 15) is 22.8 Å². The molecule has 1 aromatic carbocycles. The van der Waals surface area contributed by atoms with Gasteiger partial charge in [0.15, 0.2) is 0 Å². The maximum absolute atomic E-state index is 12.6. The molecule has 0 atom stereocenters. The Hall–Kier alpha value is -3.70. The van der Waals surface area contributed by atoms with Gasteiger partial charge in [0.2, 0.25) is 11.8 Å². The van der Waals surface area contributed by atoms with E-state index in [1.54, 1.807) is 13.8 Å². The number of alkyl halides is 3. The van der Waals surface area contributed by atoms with Crippen molar-refractivity contribution in [1.82, 2.24) is 24.5 Å². The number of carbonyl (C=O) groups excluding carboxylic acids is 2. The van der Waals surface area contributed by atoms with Crippen LogP contribution in [0.3, 0.4) is 0 Å². The van der Waals surface area contributed by atoms with E-state index in [-0.39, 0.29) is 24.6 Å². The quantitative estimate of drug-likeness (QED) is 0.636. The van der Waals surface area contributed by atoms with Gasteiger partial charge in [-0.15, -0.1) is 13.2 Å². The number of hydrogen-bond acceptors (Lipinski definition) is 6. The van der Waals surface area contributed by atoms with Crippen LogP contribution < -0.4 is 10.1 Å². The van der Waals surface area contributed by atoms with Gasteiger partial charge in [-0.2, -0.15) is 10.1 Å². The van der Waals surface area contributed by atoms with Crippen molar-refractivity contribution in [2.45, 2.75) is 26.6 Å². The lowest BCUT2D eigenvalue weighted by Gasteiger charge is -2.18. The molecule has 3 aromatic rings. The number of anilines is 1. The molecule has 3 rings (SSSR count). The second-order valence-electron chi connectivity index (χ2n) is 6.78. The van der Waals surface area contributed by atoms with E-state index in [1.807, 2.05) is 0 Å². The molecule has 2 aromatic heterocycles. The highest BCUT2D eigenvalue weighted by Gasteiger charge is 2.31. The maximum Gasteiger partial charge on any atom is 0.573 e. The largest absolute Gasteiger partial charge is 0.573 e. The summed E-state index contributed by atoms with van der Waals surface area (Å²) < 4.78 is 41.9. The Morgan fingerprint density at radius 1 is 1.19 bits per heavy atom. The molecular formula is C19H19F3N6O3. The monoisotopic (exact) mass is 436 g/mol. The molecule has 1 N–H and O–H groups in total. The molecule has 0 aliphatic heterocycles. The molecule has 12 heteroatoms. The lowest BCUT2D eigenvalue weighted by molar-refractivity contribution is -0.274. The molecule has 9 nitrogen and oxygen atoms in total. The van der Waals surface area contributed by atoms with Gasteiger partial charge in [-0.05, 0) is 38.1 Å². The summed E-state index contributed by atoms with van der Waals surface area (Å²) in [7, 11) is 1.48. The van der Waals surface area contributed by atoms with Crippen LogP contribution in [0, 0.1) is 13.8 Å². The van der Waals surface area contributed by atoms with Crippen LogP contribution in [-0.2, 0) is 16.0 Å². The van der Waals surface area contributed by atoms with Crippen molar-refractivity contribution >= 4 is 23.3 Å². The van der Waals surface area contributed by atoms with Crippen LogP contribution in [0.15, 0.2) is 30.6 Å². The van der Waals surface area contributed by atoms with Crippen LogP contribution in [0.25, 0.3) is 5.78 Å². The highest BCUT2D eigenvalue weighted by atomic mass is 19.4. The smallest absolute Gasteiger partial charge is 0.406 e. The lowest BCUT2D eigenvalue weighted by atomic mass is 10.1. The first kappa shape index (κ1) is 22.0. The minimum absolute atomic E-state index is 0.0216. The normalized spacial score (nSPS) is 11.4. The number of aryl methyl sites for hydroxylation is 2. The van der Waals surface area contributed by atoms with Crippen LogP contribution in [0.1, 0.15) is 17.0 Å². The third-order valence-electron chi connectivity index (χ3n) is 4.49. The number of likely N-dealkylation sites (N-methyl/N-ethyl adjacent to an activating group) is 1. The molecule has 0 bridgehead atoms. The van der Waals surface area contributed by atoms with Crippen molar-refractivity contribution in [3.8, 4) is 5.75 Å². The molecular weight excluding hydrogens is 417 g/mol. The van der Waals surface area contributed by atoms with E-state index in [1.165, 1.54) is 34.9 Å². The number of ether oxygens (including phenoxy) is 1. The van der Waals surface area contributed by atoms with E-state index >= 15 is 0 Å². The van der Waals surface area contributed by atoms with Crippen molar-refractivity contribution in [3.05, 3.63) is 47.5 Å². The zero-order valence-corrected chi connectivity index (χ0v) is 16.9. The predicted molar refractivity (Wildman–Crippen MR) is 103 cm³/mol. The Morgan fingerprint density at radius 2 is 1.87 bits per heavy atom. The molecule has 2 heterocycles. The molecule has 0 radical (unpaired) electrons. The van der Waals surface area contributed by atoms with Crippen LogP contribution in [0.2, 0.25) is 0 Å². The number of fused-ring (bicyclic) bond motifs is 1. The number of carbonyl (C=O) groups is 2. The number of nitrogens with zero attached hydrogens (tertiary/aromatic N) is 5. The summed E-state index contributed by atoms with van der Waals surface area (Å²) in [6, 6.07) is 4.70. The number of amides is 2. The van der Waals surface area contributed by atoms with Crippen LogP contribution in [0.4, 0.5) is 18.9 Å². The van der Waals surface area contributed by atoms with Gasteiger partial charge in [-0.25, -0.2) is 9.50 Å². The fourth-order valence-electron chi connectivity index (χ4n) is 2.94. The Morgan fingerprint density at radius 3 is 2.52 bits per heavy atom. The molecule has 0 unspecified atom stereocenters. The van der Waals surface area contributed by atoms with E-state index in [0.717, 1.165) is 17.8 Å². The van der Waals surface area contributed by atoms with Crippen LogP contribution in [-0.4, -0.2) is 56.3 Å². The van der Waals surface area contributed by atoms with Crippen molar-refractivity contribution < 1.29 is 27.5 Å². The van der Waals surface area contributed by atoms with Crippen molar-refractivity contribution in [1.29, 1.82) is 0 Å². The van der Waals surface area contributed by atoms with Gasteiger partial charge in [0.1, 0.15) is 12.1 Å². The molecule has 0 saturated carbocycles. The fraction of sp³-hybridized carbons (Fsp3) is 0.316. The number of nitrogens with one attached hydrogen (secondary N) is 1. The average molecular weight is 436 g/mol. The first-order valence-electron chi connectivity index (χ1n) is 9.09. The molecule has 31 heavy (non-hydrogen) atoms. The molecule has 0 fully saturated rings. The van der Waals surface area contributed by atoms with Gasteiger partial charge < -0.3 is 15.0 Å². The van der Waals surface area contributed by atoms with Gasteiger partial charge in [0.25, 0.3) is 5.78 Å². The zero-order chi connectivity index (χ0) is 22.8. The minimum atomic E-state index is -4.79. The summed E-state index contributed by atoms with van der Waals surface area (Å²) in [5.74, 6) is -0.776. The second kappa shape index (κ2) is 8.58. The Balaban J connectivity index is 1.59. The average Bonchev–Trinajstić information content (AvgIpc) is 3.13. The Kier molecular flexibility index (Phi) is 6.09. The molecule has 2 amide bonds. The number of benzene rings is 1. The van der Waals surface area contributed by atoms with Crippen LogP contribution in [0.5, 0.6) is 5.75 Å². The summed E-state index contributed by atoms with van der Waals surface area (Å²) in [6.07, 6.45) is -3.40. The summed E-state index contributed by atoms with van der Waals surface area (Å²) in [6.45, 7) is 3.33.